The third-order valence-corrected chi connectivity index (χ3v) is 12.3. The van der Waals surface area contributed by atoms with Crippen molar-refractivity contribution in [1.29, 1.82) is 0 Å². The van der Waals surface area contributed by atoms with E-state index in [1.165, 1.54) is 12.1 Å². The number of nitro benzene ring substituents is 4. The number of rotatable bonds is 12. The van der Waals surface area contributed by atoms with E-state index in [0.717, 1.165) is 68.8 Å². The summed E-state index contributed by atoms with van der Waals surface area (Å²) in [5.74, 6) is -1.71. The molecule has 0 spiro atoms. The highest BCUT2D eigenvalue weighted by molar-refractivity contribution is 5.67. The Morgan fingerprint density at radius 2 is 0.486 bits per heavy atom. The summed E-state index contributed by atoms with van der Waals surface area (Å²) in [5.41, 5.74) is 6.34. The Bertz CT molecular complexity index is 3010. The van der Waals surface area contributed by atoms with Crippen LogP contribution in [0.15, 0.2) is 146 Å². The summed E-state index contributed by atoms with van der Waals surface area (Å²) in [6.07, 6.45) is 0.876. The van der Waals surface area contributed by atoms with Crippen LogP contribution in [-0.2, 0) is 25.7 Å². The number of aryl methyl sites for hydroxylation is 4. The van der Waals surface area contributed by atoms with Gasteiger partial charge in [0.15, 0.2) is 0 Å². The van der Waals surface area contributed by atoms with Gasteiger partial charge in [0, 0.05) is 49.9 Å². The summed E-state index contributed by atoms with van der Waals surface area (Å²) in [5, 5.41) is 51.5. The molecule has 72 heavy (non-hydrogen) atoms. The maximum atomic E-state index is 12.9. The molecular formula is C56H44N4O12. The van der Waals surface area contributed by atoms with Gasteiger partial charge in [0.25, 0.3) is 0 Å². The summed E-state index contributed by atoms with van der Waals surface area (Å²) in [4.78, 5) is 48.3. The van der Waals surface area contributed by atoms with Gasteiger partial charge in [-0.25, -0.2) is 0 Å². The molecule has 0 saturated carbocycles. The Hall–Kier alpha value is -9.44. The number of nitrogens with zero attached hydrogens (tertiary/aromatic N) is 4. The zero-order chi connectivity index (χ0) is 50.8. The molecule has 9 rings (SSSR count). The van der Waals surface area contributed by atoms with Crippen molar-refractivity contribution < 1.29 is 38.6 Å². The van der Waals surface area contributed by atoms with Gasteiger partial charge in [-0.2, -0.15) is 0 Å². The standard InChI is InChI=1S/C56H44N4O12/c1-33-5-13-37(14-6-33)21-41-25-42(22-38-15-7-34(2)8-16-38)50-29-49(41)69-53-31-54(46(58(63)64)27-45(53)57(61)62)71-51-30-52(72-56-32-55(70-50)47(59(65)66)28-48(56)60(67)68)44(24-40-19-11-36(4)12-20-40)26-43(51)23-39-17-9-35(3)10-18-39/h5-20,25-32H,21-24H2,1-4H3. The average molecular weight is 965 g/mol. The van der Waals surface area contributed by atoms with Crippen molar-refractivity contribution in [3.8, 4) is 46.0 Å². The smallest absolute Gasteiger partial charge is 0.318 e. The van der Waals surface area contributed by atoms with Crippen LogP contribution in [0.5, 0.6) is 46.0 Å². The molecule has 0 unspecified atom stereocenters. The number of fused-ring (bicyclic) bond motifs is 8. The molecule has 0 aliphatic carbocycles. The molecule has 8 aromatic carbocycles. The second kappa shape index (κ2) is 19.9. The fourth-order valence-electron chi connectivity index (χ4n) is 8.40. The number of hydrogen-bond donors (Lipinski definition) is 0. The Morgan fingerprint density at radius 3 is 0.681 bits per heavy atom. The Morgan fingerprint density at radius 1 is 0.292 bits per heavy atom. The normalized spacial score (nSPS) is 11.6. The Balaban J connectivity index is 1.34. The Labute approximate surface area is 412 Å². The predicted molar refractivity (Wildman–Crippen MR) is 269 cm³/mol. The average Bonchev–Trinajstić information content (AvgIpc) is 3.33. The van der Waals surface area contributed by atoms with Crippen molar-refractivity contribution >= 4 is 22.7 Å². The summed E-state index contributed by atoms with van der Waals surface area (Å²) in [6, 6.07) is 40.8. The van der Waals surface area contributed by atoms with E-state index in [1.54, 1.807) is 12.1 Å². The quantitative estimate of drug-likeness (QED) is 0.0827. The summed E-state index contributed by atoms with van der Waals surface area (Å²) >= 11 is 0. The van der Waals surface area contributed by atoms with Crippen LogP contribution in [0.1, 0.15) is 66.8 Å². The van der Waals surface area contributed by atoms with Gasteiger partial charge in [0.2, 0.25) is 23.0 Å². The van der Waals surface area contributed by atoms with Gasteiger partial charge in [0.05, 0.1) is 19.7 Å². The van der Waals surface area contributed by atoms with Crippen LogP contribution in [-0.4, -0.2) is 19.7 Å². The van der Waals surface area contributed by atoms with E-state index in [4.69, 9.17) is 18.9 Å². The van der Waals surface area contributed by atoms with Crippen molar-refractivity contribution in [1.82, 2.24) is 0 Å². The van der Waals surface area contributed by atoms with Crippen LogP contribution in [0, 0.1) is 68.2 Å². The third kappa shape index (κ3) is 10.6. The molecular weight excluding hydrogens is 921 g/mol. The first-order chi connectivity index (χ1) is 34.5. The lowest BCUT2D eigenvalue weighted by molar-refractivity contribution is -0.395. The van der Waals surface area contributed by atoms with E-state index < -0.39 is 65.4 Å². The molecule has 1 aliphatic heterocycles. The van der Waals surface area contributed by atoms with Gasteiger partial charge >= 0.3 is 22.7 Å². The molecule has 0 N–H and O–H groups in total. The third-order valence-electron chi connectivity index (χ3n) is 12.3. The van der Waals surface area contributed by atoms with Gasteiger partial charge in [-0.3, -0.25) is 40.5 Å². The predicted octanol–water partition coefficient (Wildman–Crippen LogP) is 14.4. The molecule has 360 valence electrons. The van der Waals surface area contributed by atoms with Crippen LogP contribution < -0.4 is 18.9 Å². The topological polar surface area (TPSA) is 209 Å². The summed E-state index contributed by atoms with van der Waals surface area (Å²) < 4.78 is 26.1. The molecule has 1 aliphatic rings. The molecule has 1 heterocycles. The van der Waals surface area contributed by atoms with E-state index in [0.29, 0.717) is 22.3 Å². The van der Waals surface area contributed by atoms with E-state index >= 15 is 0 Å². The highest BCUT2D eigenvalue weighted by Gasteiger charge is 2.32. The highest BCUT2D eigenvalue weighted by atomic mass is 16.6. The first kappa shape index (κ1) is 47.6. The first-order valence-electron chi connectivity index (χ1n) is 22.7. The lowest BCUT2D eigenvalue weighted by Crippen LogP contribution is -2.05. The molecule has 0 radical (unpaired) electrons. The first-order valence-corrected chi connectivity index (χ1v) is 22.7. The van der Waals surface area contributed by atoms with Crippen molar-refractivity contribution in [3.63, 3.8) is 0 Å². The van der Waals surface area contributed by atoms with Crippen LogP contribution in [0.25, 0.3) is 0 Å². The number of ether oxygens (including phenoxy) is 4. The van der Waals surface area contributed by atoms with Gasteiger partial charge in [-0.15, -0.1) is 0 Å². The van der Waals surface area contributed by atoms with Gasteiger partial charge in [-0.05, 0) is 84.3 Å². The highest BCUT2D eigenvalue weighted by Crippen LogP contribution is 2.49. The summed E-state index contributed by atoms with van der Waals surface area (Å²) in [6.45, 7) is 7.76. The minimum atomic E-state index is -0.802. The maximum absolute atomic E-state index is 12.9. The van der Waals surface area contributed by atoms with Gasteiger partial charge in [0.1, 0.15) is 35.1 Å². The molecule has 0 atom stereocenters. The largest absolute Gasteiger partial charge is 0.450 e. The van der Waals surface area contributed by atoms with Crippen molar-refractivity contribution in [3.05, 3.63) is 253 Å². The lowest BCUT2D eigenvalue weighted by atomic mass is 9.96. The molecule has 16 nitrogen and oxygen atoms in total. The molecule has 0 fully saturated rings. The minimum Gasteiger partial charge on any atom is -0.450 e. The molecule has 8 aromatic rings. The van der Waals surface area contributed by atoms with E-state index in [2.05, 4.69) is 0 Å². The molecule has 8 bridgehead atoms. The van der Waals surface area contributed by atoms with E-state index in [1.807, 2.05) is 125 Å². The number of nitro groups is 4. The zero-order valence-corrected chi connectivity index (χ0v) is 39.4. The fourth-order valence-corrected chi connectivity index (χ4v) is 8.40. The van der Waals surface area contributed by atoms with Crippen molar-refractivity contribution in [2.24, 2.45) is 0 Å². The SMILES string of the molecule is Cc1ccc(Cc2cc(Cc3ccc(C)cc3)c3cc2Oc2cc(c([N+](=O)[O-])cc2[N+](=O)[O-])Oc2cc(c(Cc4ccc(C)cc4)cc2Cc2ccc(C)cc2)Oc2cc(c([N+](=O)[O-])cc2[N+](=O)[O-])O3)cc1. The van der Waals surface area contributed by atoms with Gasteiger partial charge < -0.3 is 18.9 Å². The van der Waals surface area contributed by atoms with Crippen molar-refractivity contribution in [2.45, 2.75) is 53.4 Å². The van der Waals surface area contributed by atoms with Crippen LogP contribution in [0.2, 0.25) is 0 Å². The summed E-state index contributed by atoms with van der Waals surface area (Å²) in [7, 11) is 0. The minimum absolute atomic E-state index is 0.00271. The van der Waals surface area contributed by atoms with Crippen LogP contribution in [0.4, 0.5) is 22.7 Å². The molecule has 0 amide bonds. The van der Waals surface area contributed by atoms with E-state index in [-0.39, 0.29) is 48.7 Å². The zero-order valence-electron chi connectivity index (χ0n) is 39.4. The van der Waals surface area contributed by atoms with Gasteiger partial charge in [-0.1, -0.05) is 119 Å². The molecule has 0 saturated heterocycles. The van der Waals surface area contributed by atoms with E-state index in [9.17, 15) is 40.5 Å². The fraction of sp³-hybridized carbons (Fsp3) is 0.143. The Kier molecular flexibility index (Phi) is 13.2. The number of benzene rings is 8. The van der Waals surface area contributed by atoms with Crippen molar-refractivity contribution in [2.75, 3.05) is 0 Å². The van der Waals surface area contributed by atoms with Crippen LogP contribution in [0.3, 0.4) is 0 Å². The maximum Gasteiger partial charge on any atom is 0.318 e. The molecule has 16 heteroatoms. The second-order valence-electron chi connectivity index (χ2n) is 17.8. The monoisotopic (exact) mass is 964 g/mol. The second-order valence-corrected chi connectivity index (χ2v) is 17.8. The lowest BCUT2D eigenvalue weighted by Gasteiger charge is -2.21. The molecule has 0 aromatic heterocycles. The van der Waals surface area contributed by atoms with Crippen LogP contribution >= 0.6 is 0 Å². The number of hydrogen-bond acceptors (Lipinski definition) is 12.